The minimum absolute atomic E-state index is 0.0647. The van der Waals surface area contributed by atoms with Crippen molar-refractivity contribution in [3.05, 3.63) is 16.0 Å². The molecule has 1 aromatic rings. The molecule has 2 aliphatic rings. The third-order valence-electron chi connectivity index (χ3n) is 5.39. The van der Waals surface area contributed by atoms with E-state index in [1.165, 1.54) is 49.2 Å². The Kier molecular flexibility index (Phi) is 5.91. The van der Waals surface area contributed by atoms with Crippen molar-refractivity contribution in [2.75, 3.05) is 25.0 Å². The summed E-state index contributed by atoms with van der Waals surface area (Å²) in [7, 11) is 0. The van der Waals surface area contributed by atoms with Crippen LogP contribution in [0.5, 0.6) is 0 Å². The molecule has 3 rings (SSSR count). The molecule has 4 nitrogen and oxygen atoms in total. The van der Waals surface area contributed by atoms with Crippen LogP contribution in [0, 0.1) is 17.2 Å². The van der Waals surface area contributed by atoms with Crippen molar-refractivity contribution >= 4 is 22.2 Å². The van der Waals surface area contributed by atoms with Crippen LogP contribution in [0.3, 0.4) is 0 Å². The zero-order valence-corrected chi connectivity index (χ0v) is 15.4. The van der Waals surface area contributed by atoms with Crippen LogP contribution < -0.4 is 10.2 Å². The number of anilines is 1. The van der Waals surface area contributed by atoms with Crippen molar-refractivity contribution in [2.45, 2.75) is 58.3 Å². The lowest BCUT2D eigenvalue weighted by Crippen LogP contribution is -3.12. The van der Waals surface area contributed by atoms with Gasteiger partial charge >= 0.3 is 0 Å². The second kappa shape index (κ2) is 8.13. The molecule has 2 N–H and O–H groups in total. The highest BCUT2D eigenvalue weighted by Gasteiger charge is 2.25. The van der Waals surface area contributed by atoms with Crippen LogP contribution in [0.1, 0.15) is 61.5 Å². The zero-order valence-electron chi connectivity index (χ0n) is 14.6. The largest absolute Gasteiger partial charge is 0.335 e. The molecule has 0 saturated carbocycles. The quantitative estimate of drug-likeness (QED) is 0.880. The Hall–Kier alpha value is -1.38. The molecule has 0 bridgehead atoms. The number of likely N-dealkylation sites (tertiary alicyclic amines) is 1. The van der Waals surface area contributed by atoms with Gasteiger partial charge in [-0.2, -0.15) is 5.26 Å². The lowest BCUT2D eigenvalue weighted by Gasteiger charge is -2.17. The first-order valence-electron chi connectivity index (χ1n) is 9.35. The Balaban J connectivity index is 1.59. The third-order valence-corrected chi connectivity index (χ3v) is 6.56. The molecular formula is C19H28N3OS+. The molecule has 1 aliphatic heterocycles. The van der Waals surface area contributed by atoms with Crippen molar-refractivity contribution < 1.29 is 9.69 Å². The van der Waals surface area contributed by atoms with Gasteiger partial charge in [-0.1, -0.05) is 6.92 Å². The van der Waals surface area contributed by atoms with E-state index in [0.29, 0.717) is 12.3 Å². The number of hydrogen-bond donors (Lipinski definition) is 2. The van der Waals surface area contributed by atoms with Gasteiger partial charge in [-0.15, -0.1) is 11.3 Å². The number of nitrogens with zero attached hydrogens (tertiary/aromatic N) is 1. The van der Waals surface area contributed by atoms with Gasteiger partial charge < -0.3 is 10.2 Å². The first-order chi connectivity index (χ1) is 11.7. The average molecular weight is 347 g/mol. The molecule has 1 saturated heterocycles. The lowest BCUT2D eigenvalue weighted by molar-refractivity contribution is -0.898. The number of rotatable bonds is 4. The molecule has 1 atom stereocenters. The molecule has 5 heteroatoms. The summed E-state index contributed by atoms with van der Waals surface area (Å²) in [5, 5.41) is 13.3. The highest BCUT2D eigenvalue weighted by Crippen LogP contribution is 2.39. The number of carbonyl (C=O) groups is 1. The van der Waals surface area contributed by atoms with E-state index < -0.39 is 0 Å². The van der Waals surface area contributed by atoms with Crippen LogP contribution in [-0.2, 0) is 17.6 Å². The number of amides is 1. The van der Waals surface area contributed by atoms with Crippen LogP contribution in [0.15, 0.2) is 0 Å². The first-order valence-corrected chi connectivity index (χ1v) is 10.2. The van der Waals surface area contributed by atoms with Crippen LogP contribution in [0.2, 0.25) is 0 Å². The van der Waals surface area contributed by atoms with Crippen LogP contribution >= 0.6 is 11.3 Å². The summed E-state index contributed by atoms with van der Waals surface area (Å²) in [5.74, 6) is 0.743. The molecule has 2 heterocycles. The predicted octanol–water partition coefficient (Wildman–Crippen LogP) is 2.53. The van der Waals surface area contributed by atoms with Gasteiger partial charge in [0.1, 0.15) is 11.1 Å². The maximum atomic E-state index is 12.4. The van der Waals surface area contributed by atoms with Crippen molar-refractivity contribution in [1.82, 2.24) is 0 Å². The summed E-state index contributed by atoms with van der Waals surface area (Å²) >= 11 is 1.62. The van der Waals surface area contributed by atoms with E-state index in [0.717, 1.165) is 36.4 Å². The maximum Gasteiger partial charge on any atom is 0.230 e. The molecule has 24 heavy (non-hydrogen) atoms. The first kappa shape index (κ1) is 17.4. The van der Waals surface area contributed by atoms with Crippen molar-refractivity contribution in [3.8, 4) is 6.07 Å². The zero-order chi connectivity index (χ0) is 16.9. The minimum atomic E-state index is 0.0647. The highest BCUT2D eigenvalue weighted by molar-refractivity contribution is 7.16. The van der Waals surface area contributed by atoms with E-state index in [9.17, 15) is 10.1 Å². The summed E-state index contributed by atoms with van der Waals surface area (Å²) in [6.07, 6.45) is 8.95. The number of nitrogens with one attached hydrogen (secondary N) is 2. The molecule has 0 unspecified atom stereocenters. The van der Waals surface area contributed by atoms with Gasteiger partial charge in [-0.05, 0) is 56.4 Å². The van der Waals surface area contributed by atoms with E-state index in [1.807, 2.05) is 0 Å². The monoisotopic (exact) mass is 346 g/mol. The second-order valence-electron chi connectivity index (χ2n) is 7.38. The minimum Gasteiger partial charge on any atom is -0.335 e. The number of quaternary nitrogens is 1. The summed E-state index contributed by atoms with van der Waals surface area (Å²) in [4.78, 5) is 15.2. The molecule has 0 aromatic carbocycles. The maximum absolute atomic E-state index is 12.4. The van der Waals surface area contributed by atoms with Crippen LogP contribution in [0.25, 0.3) is 0 Å². The molecular weight excluding hydrogens is 318 g/mol. The predicted molar refractivity (Wildman–Crippen MR) is 97.5 cm³/mol. The van der Waals surface area contributed by atoms with Crippen LogP contribution in [-0.4, -0.2) is 25.5 Å². The molecule has 1 aromatic heterocycles. The van der Waals surface area contributed by atoms with E-state index in [4.69, 9.17) is 0 Å². The van der Waals surface area contributed by atoms with Gasteiger partial charge in [-0.3, -0.25) is 4.79 Å². The van der Waals surface area contributed by atoms with Gasteiger partial charge in [0, 0.05) is 4.88 Å². The van der Waals surface area contributed by atoms with Gasteiger partial charge in [-0.25, -0.2) is 0 Å². The summed E-state index contributed by atoms with van der Waals surface area (Å²) in [6, 6.07) is 2.33. The van der Waals surface area contributed by atoms with Crippen molar-refractivity contribution in [3.63, 3.8) is 0 Å². The summed E-state index contributed by atoms with van der Waals surface area (Å²) < 4.78 is 0. The summed E-state index contributed by atoms with van der Waals surface area (Å²) in [5.41, 5.74) is 1.91. The molecule has 0 spiro atoms. The van der Waals surface area contributed by atoms with E-state index >= 15 is 0 Å². The lowest BCUT2D eigenvalue weighted by atomic mass is 9.89. The Morgan fingerprint density at radius 1 is 1.33 bits per heavy atom. The van der Waals surface area contributed by atoms with Crippen LogP contribution in [0.4, 0.5) is 5.00 Å². The third kappa shape index (κ3) is 4.17. The Bertz CT molecular complexity index is 623. The van der Waals surface area contributed by atoms with E-state index in [2.05, 4.69) is 18.3 Å². The normalized spacial score (nSPS) is 21.6. The van der Waals surface area contributed by atoms with Gasteiger partial charge in [0.15, 0.2) is 0 Å². The Morgan fingerprint density at radius 2 is 2.08 bits per heavy atom. The molecule has 1 amide bonds. The fourth-order valence-electron chi connectivity index (χ4n) is 3.92. The van der Waals surface area contributed by atoms with Crippen molar-refractivity contribution in [1.29, 1.82) is 5.26 Å². The highest BCUT2D eigenvalue weighted by atomic mass is 32.1. The average Bonchev–Trinajstić information content (AvgIpc) is 2.73. The Morgan fingerprint density at radius 3 is 2.79 bits per heavy atom. The smallest absolute Gasteiger partial charge is 0.230 e. The summed E-state index contributed by atoms with van der Waals surface area (Å²) in [6.45, 7) is 5.57. The van der Waals surface area contributed by atoms with Gasteiger partial charge in [0.25, 0.3) is 0 Å². The number of fused-ring (bicyclic) bond motifs is 1. The molecule has 1 fully saturated rings. The van der Waals surface area contributed by atoms with E-state index in [-0.39, 0.29) is 5.91 Å². The van der Waals surface area contributed by atoms with Gasteiger partial charge in [0.05, 0.1) is 31.6 Å². The number of thiophene rings is 1. The fraction of sp³-hybridized carbons (Fsp3) is 0.684. The number of nitriles is 1. The molecule has 0 radical (unpaired) electrons. The van der Waals surface area contributed by atoms with Crippen molar-refractivity contribution in [2.24, 2.45) is 5.92 Å². The fourth-order valence-corrected chi connectivity index (χ4v) is 5.29. The topological polar surface area (TPSA) is 57.3 Å². The number of carbonyl (C=O) groups excluding carboxylic acids is 1. The molecule has 1 aliphatic carbocycles. The second-order valence-corrected chi connectivity index (χ2v) is 8.49. The number of hydrogen-bond acceptors (Lipinski definition) is 3. The van der Waals surface area contributed by atoms with Gasteiger partial charge in [0.2, 0.25) is 5.91 Å². The van der Waals surface area contributed by atoms with E-state index in [1.54, 1.807) is 16.2 Å². The standard InChI is InChI=1S/C19H27N3OS/c1-14-6-7-15-16(13-20)19(24-17(15)12-14)21-18(23)8-11-22-9-4-2-3-5-10-22/h14H,2-12H2,1H3,(H,21,23)/p+1/t14-/m0/s1. The Labute approximate surface area is 148 Å². The molecule has 130 valence electrons. The SMILES string of the molecule is C[C@H]1CCc2c(sc(NC(=O)CC[NH+]3CCCCCC3)c2C#N)C1.